The summed E-state index contributed by atoms with van der Waals surface area (Å²) in [6.45, 7) is 7.29. The highest BCUT2D eigenvalue weighted by Crippen LogP contribution is 2.23. The summed E-state index contributed by atoms with van der Waals surface area (Å²) in [6.07, 6.45) is 4.47. The summed E-state index contributed by atoms with van der Waals surface area (Å²) >= 11 is 0. The second-order valence-electron chi connectivity index (χ2n) is 8.18. The molecule has 0 bridgehead atoms. The van der Waals surface area contributed by atoms with E-state index in [1.807, 2.05) is 47.4 Å². The quantitative estimate of drug-likeness (QED) is 0.636. The van der Waals surface area contributed by atoms with E-state index in [0.717, 1.165) is 42.9 Å². The first-order chi connectivity index (χ1) is 14.6. The van der Waals surface area contributed by atoms with Crippen molar-refractivity contribution in [2.24, 2.45) is 0 Å². The highest BCUT2D eigenvalue weighted by Gasteiger charge is 2.29. The van der Waals surface area contributed by atoms with Gasteiger partial charge < -0.3 is 19.9 Å². The van der Waals surface area contributed by atoms with Crippen LogP contribution in [-0.2, 0) is 6.54 Å². The molecule has 2 aromatic rings. The summed E-state index contributed by atoms with van der Waals surface area (Å²) < 4.78 is 5.21. The van der Waals surface area contributed by atoms with Gasteiger partial charge in [0.2, 0.25) is 0 Å². The van der Waals surface area contributed by atoms with Crippen molar-refractivity contribution in [2.45, 2.75) is 58.2 Å². The molecule has 0 aromatic heterocycles. The summed E-state index contributed by atoms with van der Waals surface area (Å²) in [6, 6.07) is 18.6. The number of amides is 2. The highest BCUT2D eigenvalue weighted by molar-refractivity contribution is 5.89. The highest BCUT2D eigenvalue weighted by atomic mass is 16.5. The fraction of sp³-hybridized carbons (Fsp3) is 0.480. The van der Waals surface area contributed by atoms with Gasteiger partial charge in [0.15, 0.2) is 0 Å². The van der Waals surface area contributed by atoms with Crippen LogP contribution in [0.2, 0.25) is 0 Å². The summed E-state index contributed by atoms with van der Waals surface area (Å²) in [5.41, 5.74) is 1.94. The van der Waals surface area contributed by atoms with Crippen molar-refractivity contribution < 1.29 is 9.53 Å². The molecule has 5 nitrogen and oxygen atoms in total. The van der Waals surface area contributed by atoms with Gasteiger partial charge in [0.05, 0.1) is 7.11 Å². The minimum absolute atomic E-state index is 0.0379. The Hall–Kier alpha value is -2.53. The Morgan fingerprint density at radius 2 is 1.80 bits per heavy atom. The van der Waals surface area contributed by atoms with Crippen LogP contribution in [0.15, 0.2) is 54.6 Å². The second kappa shape index (κ2) is 11.0. The number of piperidine rings is 1. The van der Waals surface area contributed by atoms with Crippen LogP contribution in [0, 0.1) is 0 Å². The van der Waals surface area contributed by atoms with Crippen LogP contribution in [-0.4, -0.2) is 48.1 Å². The number of rotatable bonds is 8. The molecule has 1 N–H and O–H groups in total. The van der Waals surface area contributed by atoms with Crippen LogP contribution in [0.25, 0.3) is 0 Å². The first-order valence-electron chi connectivity index (χ1n) is 11.1. The van der Waals surface area contributed by atoms with Crippen molar-refractivity contribution in [1.29, 1.82) is 0 Å². The van der Waals surface area contributed by atoms with E-state index in [1.54, 1.807) is 7.11 Å². The molecule has 162 valence electrons. The number of hydrogen-bond acceptors (Lipinski definition) is 3. The van der Waals surface area contributed by atoms with Crippen LogP contribution in [0.5, 0.6) is 5.75 Å². The predicted octanol–water partition coefficient (Wildman–Crippen LogP) is 5.38. The monoisotopic (exact) mass is 409 g/mol. The summed E-state index contributed by atoms with van der Waals surface area (Å²) in [4.78, 5) is 17.8. The lowest BCUT2D eigenvalue weighted by Gasteiger charge is -2.40. The summed E-state index contributed by atoms with van der Waals surface area (Å²) in [5, 5.41) is 3.08. The molecule has 0 aliphatic carbocycles. The molecular weight excluding hydrogens is 374 g/mol. The van der Waals surface area contributed by atoms with Gasteiger partial charge in [0, 0.05) is 37.4 Å². The molecule has 2 aromatic carbocycles. The van der Waals surface area contributed by atoms with Crippen LogP contribution < -0.4 is 10.1 Å². The minimum atomic E-state index is -0.0379. The molecule has 0 saturated carbocycles. The van der Waals surface area contributed by atoms with Crippen molar-refractivity contribution >= 4 is 11.7 Å². The Morgan fingerprint density at radius 1 is 1.13 bits per heavy atom. The van der Waals surface area contributed by atoms with E-state index >= 15 is 0 Å². The Labute approximate surface area is 181 Å². The molecular formula is C25H35N3O2. The molecule has 3 rings (SSSR count). The maximum atomic E-state index is 13.3. The Kier molecular flexibility index (Phi) is 8.14. The van der Waals surface area contributed by atoms with Crippen molar-refractivity contribution in [3.05, 3.63) is 60.2 Å². The van der Waals surface area contributed by atoms with Gasteiger partial charge in [-0.05, 0) is 56.0 Å². The zero-order chi connectivity index (χ0) is 21.3. The molecule has 30 heavy (non-hydrogen) atoms. The predicted molar refractivity (Wildman–Crippen MR) is 123 cm³/mol. The smallest absolute Gasteiger partial charge is 0.322 e. The first kappa shape index (κ1) is 22.2. The number of carbonyl (C=O) groups excluding carboxylic acids is 1. The van der Waals surface area contributed by atoms with Gasteiger partial charge >= 0.3 is 6.03 Å². The number of hydrogen-bond donors (Lipinski definition) is 1. The van der Waals surface area contributed by atoms with Gasteiger partial charge in [0.1, 0.15) is 5.75 Å². The SMILES string of the molecule is CCCC(C)N1CCC(N(Cc2ccccc2)C(=O)Nc2ccc(OC)cc2)CC1. The molecule has 1 unspecified atom stereocenters. The second-order valence-corrected chi connectivity index (χ2v) is 8.18. The Morgan fingerprint density at radius 3 is 2.40 bits per heavy atom. The van der Waals surface area contributed by atoms with Gasteiger partial charge in [0.25, 0.3) is 0 Å². The Bertz CT molecular complexity index is 771. The summed E-state index contributed by atoms with van der Waals surface area (Å²) in [7, 11) is 1.64. The van der Waals surface area contributed by atoms with E-state index in [4.69, 9.17) is 4.74 Å². The molecule has 0 spiro atoms. The van der Waals surface area contributed by atoms with E-state index in [0.29, 0.717) is 12.6 Å². The number of ether oxygens (including phenoxy) is 1. The van der Waals surface area contributed by atoms with Crippen LogP contribution in [0.1, 0.15) is 45.1 Å². The minimum Gasteiger partial charge on any atom is -0.497 e. The standard InChI is InChI=1S/C25H35N3O2/c1-4-8-20(2)27-17-15-23(16-18-27)28(19-21-9-6-5-7-10-21)25(29)26-22-11-13-24(30-3)14-12-22/h5-7,9-14,20,23H,4,8,15-19H2,1-3H3,(H,26,29). The molecule has 1 heterocycles. The van der Waals surface area contributed by atoms with E-state index in [9.17, 15) is 4.79 Å². The van der Waals surface area contributed by atoms with Crippen LogP contribution in [0.3, 0.4) is 0 Å². The fourth-order valence-corrected chi connectivity index (χ4v) is 4.26. The van der Waals surface area contributed by atoms with Crippen molar-refractivity contribution in [2.75, 3.05) is 25.5 Å². The maximum absolute atomic E-state index is 13.3. The average molecular weight is 410 g/mol. The molecule has 1 saturated heterocycles. The molecule has 1 aliphatic heterocycles. The third kappa shape index (κ3) is 5.99. The van der Waals surface area contributed by atoms with E-state index in [-0.39, 0.29) is 12.1 Å². The normalized spacial score (nSPS) is 16.1. The first-order valence-corrected chi connectivity index (χ1v) is 11.1. The zero-order valence-corrected chi connectivity index (χ0v) is 18.5. The molecule has 2 amide bonds. The zero-order valence-electron chi connectivity index (χ0n) is 18.5. The lowest BCUT2D eigenvalue weighted by Crippen LogP contribution is -2.50. The van der Waals surface area contributed by atoms with Gasteiger partial charge in [-0.1, -0.05) is 43.7 Å². The van der Waals surface area contributed by atoms with Crippen molar-refractivity contribution in [1.82, 2.24) is 9.80 Å². The van der Waals surface area contributed by atoms with Crippen LogP contribution >= 0.6 is 0 Å². The van der Waals surface area contributed by atoms with Gasteiger partial charge in [-0.15, -0.1) is 0 Å². The van der Waals surface area contributed by atoms with E-state index in [1.165, 1.54) is 12.8 Å². The number of benzene rings is 2. The maximum Gasteiger partial charge on any atom is 0.322 e. The molecule has 5 heteroatoms. The van der Waals surface area contributed by atoms with Crippen LogP contribution in [0.4, 0.5) is 10.5 Å². The number of likely N-dealkylation sites (tertiary alicyclic amines) is 1. The number of nitrogens with one attached hydrogen (secondary N) is 1. The van der Waals surface area contributed by atoms with Gasteiger partial charge in [-0.25, -0.2) is 4.79 Å². The van der Waals surface area contributed by atoms with E-state index in [2.05, 4.69) is 36.2 Å². The van der Waals surface area contributed by atoms with E-state index < -0.39 is 0 Å². The van der Waals surface area contributed by atoms with Crippen molar-refractivity contribution in [3.8, 4) is 5.75 Å². The number of carbonyl (C=O) groups is 1. The third-order valence-electron chi connectivity index (χ3n) is 6.07. The number of methoxy groups -OCH3 is 1. The topological polar surface area (TPSA) is 44.8 Å². The molecule has 0 radical (unpaired) electrons. The van der Waals surface area contributed by atoms with Gasteiger partial charge in [-0.3, -0.25) is 0 Å². The third-order valence-corrected chi connectivity index (χ3v) is 6.07. The average Bonchev–Trinajstić information content (AvgIpc) is 2.79. The molecule has 1 aliphatic rings. The summed E-state index contributed by atoms with van der Waals surface area (Å²) in [5.74, 6) is 0.780. The lowest BCUT2D eigenvalue weighted by atomic mass is 10.00. The number of urea groups is 1. The lowest BCUT2D eigenvalue weighted by molar-refractivity contribution is 0.0989. The largest absolute Gasteiger partial charge is 0.497 e. The fourth-order valence-electron chi connectivity index (χ4n) is 4.26. The number of anilines is 1. The molecule has 1 atom stereocenters. The van der Waals surface area contributed by atoms with Crippen molar-refractivity contribution in [3.63, 3.8) is 0 Å². The number of nitrogens with zero attached hydrogens (tertiary/aromatic N) is 2. The molecule has 1 fully saturated rings. The Balaban J connectivity index is 1.69. The van der Waals surface area contributed by atoms with Gasteiger partial charge in [-0.2, -0.15) is 0 Å².